The fraction of sp³-hybridized carbons (Fsp3) is 0. The van der Waals surface area contributed by atoms with Gasteiger partial charge in [-0.1, -0.05) is 42.5 Å². The molecule has 6 heteroatoms. The third-order valence-electron chi connectivity index (χ3n) is 4.00. The minimum Gasteiger partial charge on any atom is -0.402 e. The van der Waals surface area contributed by atoms with E-state index in [9.17, 15) is 14.9 Å². The highest BCUT2D eigenvalue weighted by molar-refractivity contribution is 6.13. The van der Waals surface area contributed by atoms with Crippen LogP contribution in [0.25, 0.3) is 16.8 Å². The molecular weight excluding hydrogens is 332 g/mol. The third-order valence-corrected chi connectivity index (χ3v) is 4.00. The molecule has 3 aromatic carbocycles. The van der Waals surface area contributed by atoms with E-state index < -0.39 is 10.9 Å². The van der Waals surface area contributed by atoms with E-state index >= 15 is 0 Å². The highest BCUT2D eigenvalue weighted by atomic mass is 16.6. The molecule has 26 heavy (non-hydrogen) atoms. The molecule has 0 amide bonds. The summed E-state index contributed by atoms with van der Waals surface area (Å²) in [4.78, 5) is 26.7. The fourth-order valence-corrected chi connectivity index (χ4v) is 2.74. The quantitative estimate of drug-likeness (QED) is 0.310. The summed E-state index contributed by atoms with van der Waals surface area (Å²) >= 11 is 0. The van der Waals surface area contributed by atoms with Gasteiger partial charge in [-0.15, -0.1) is 0 Å². The number of nitrogens with zero attached hydrogens (tertiary/aromatic N) is 2. The van der Waals surface area contributed by atoms with E-state index in [1.54, 1.807) is 12.1 Å². The second-order valence-corrected chi connectivity index (χ2v) is 5.75. The van der Waals surface area contributed by atoms with Gasteiger partial charge < -0.3 is 4.74 Å². The molecule has 0 atom stereocenters. The highest BCUT2D eigenvalue weighted by Crippen LogP contribution is 2.23. The maximum atomic E-state index is 12.1. The van der Waals surface area contributed by atoms with Crippen molar-refractivity contribution in [3.05, 3.63) is 93.7 Å². The molecule has 0 unspecified atom stereocenters. The van der Waals surface area contributed by atoms with Gasteiger partial charge in [-0.05, 0) is 34.5 Å². The minimum atomic E-state index is -0.584. The zero-order chi connectivity index (χ0) is 18.1. The third kappa shape index (κ3) is 2.95. The summed E-state index contributed by atoms with van der Waals surface area (Å²) in [6.45, 7) is 0. The lowest BCUT2D eigenvalue weighted by Gasteiger charge is -2.02. The molecule has 0 saturated heterocycles. The summed E-state index contributed by atoms with van der Waals surface area (Å²) in [6, 6.07) is 19.5. The van der Waals surface area contributed by atoms with Gasteiger partial charge in [0.2, 0.25) is 5.90 Å². The van der Waals surface area contributed by atoms with E-state index in [0.29, 0.717) is 11.1 Å². The molecule has 1 aliphatic heterocycles. The summed E-state index contributed by atoms with van der Waals surface area (Å²) in [6.07, 6.45) is 1.48. The number of aliphatic imine (C=N–C) groups is 1. The second kappa shape index (κ2) is 6.25. The van der Waals surface area contributed by atoms with Gasteiger partial charge in [0.25, 0.3) is 5.69 Å². The van der Waals surface area contributed by atoms with Crippen LogP contribution in [0.2, 0.25) is 0 Å². The summed E-state index contributed by atoms with van der Waals surface area (Å²) in [5.41, 5.74) is 1.26. The van der Waals surface area contributed by atoms with Gasteiger partial charge in [-0.3, -0.25) is 10.1 Å². The Morgan fingerprint density at radius 2 is 1.77 bits per heavy atom. The molecule has 6 nitrogen and oxygen atoms in total. The molecule has 0 bridgehead atoms. The van der Waals surface area contributed by atoms with Crippen LogP contribution in [0.15, 0.2) is 77.4 Å². The van der Waals surface area contributed by atoms with Crippen LogP contribution in [0.4, 0.5) is 5.69 Å². The van der Waals surface area contributed by atoms with Gasteiger partial charge in [-0.25, -0.2) is 9.79 Å². The summed E-state index contributed by atoms with van der Waals surface area (Å²) in [5, 5.41) is 13.0. The molecule has 0 radical (unpaired) electrons. The molecule has 0 spiro atoms. The van der Waals surface area contributed by atoms with Crippen molar-refractivity contribution in [2.75, 3.05) is 0 Å². The molecule has 1 aliphatic rings. The van der Waals surface area contributed by atoms with Crippen molar-refractivity contribution in [3.8, 4) is 0 Å². The first kappa shape index (κ1) is 15.7. The van der Waals surface area contributed by atoms with E-state index in [1.807, 2.05) is 42.5 Å². The van der Waals surface area contributed by atoms with Gasteiger partial charge in [0.1, 0.15) is 0 Å². The molecule has 126 valence electrons. The number of carbonyl (C=O) groups excluding carboxylic acids is 1. The summed E-state index contributed by atoms with van der Waals surface area (Å²) in [5.74, 6) is -0.364. The molecule has 0 fully saturated rings. The number of non-ortho nitro benzene ring substituents is 1. The van der Waals surface area contributed by atoms with E-state index in [4.69, 9.17) is 4.74 Å². The largest absolute Gasteiger partial charge is 0.402 e. The number of hydrogen-bond acceptors (Lipinski definition) is 5. The van der Waals surface area contributed by atoms with E-state index in [0.717, 1.165) is 10.8 Å². The second-order valence-electron chi connectivity index (χ2n) is 5.75. The van der Waals surface area contributed by atoms with Crippen molar-refractivity contribution in [1.82, 2.24) is 0 Å². The van der Waals surface area contributed by atoms with Crippen molar-refractivity contribution in [3.63, 3.8) is 0 Å². The van der Waals surface area contributed by atoms with Crippen LogP contribution in [0, 0.1) is 10.1 Å². The first-order chi connectivity index (χ1) is 12.6. The number of benzene rings is 3. The van der Waals surface area contributed by atoms with Crippen LogP contribution in [0.1, 0.15) is 11.1 Å². The van der Waals surface area contributed by atoms with Crippen molar-refractivity contribution >= 4 is 34.4 Å². The van der Waals surface area contributed by atoms with Gasteiger partial charge in [0, 0.05) is 17.7 Å². The van der Waals surface area contributed by atoms with Crippen LogP contribution in [0.3, 0.4) is 0 Å². The Kier molecular flexibility index (Phi) is 3.78. The zero-order valence-electron chi connectivity index (χ0n) is 13.5. The number of nitro groups is 1. The van der Waals surface area contributed by atoms with Crippen molar-refractivity contribution in [2.24, 2.45) is 4.99 Å². The van der Waals surface area contributed by atoms with Crippen LogP contribution >= 0.6 is 0 Å². The number of fused-ring (bicyclic) bond motifs is 1. The maximum Gasteiger partial charge on any atom is 0.363 e. The van der Waals surface area contributed by atoms with Gasteiger partial charge in [-0.2, -0.15) is 0 Å². The molecule has 3 aromatic rings. The van der Waals surface area contributed by atoms with Crippen molar-refractivity contribution in [2.45, 2.75) is 0 Å². The fourth-order valence-electron chi connectivity index (χ4n) is 2.74. The summed E-state index contributed by atoms with van der Waals surface area (Å²) < 4.78 is 5.27. The smallest absolute Gasteiger partial charge is 0.363 e. The minimum absolute atomic E-state index is 0.0514. The standard InChI is InChI=1S/C20H12N2O4/c23-20-18(11-13-4-3-7-17(10-13)22(24)25)21-19(26-20)16-9-8-14-5-1-2-6-15(14)12-16/h1-12H/b18-11-. The Hall–Kier alpha value is -3.80. The monoisotopic (exact) mass is 344 g/mol. The van der Waals surface area contributed by atoms with Crippen molar-refractivity contribution in [1.29, 1.82) is 0 Å². The topological polar surface area (TPSA) is 81.8 Å². The predicted octanol–water partition coefficient (Wildman–Crippen LogP) is 4.09. The maximum absolute atomic E-state index is 12.1. The summed E-state index contributed by atoms with van der Waals surface area (Å²) in [7, 11) is 0. The lowest BCUT2D eigenvalue weighted by molar-refractivity contribution is -0.384. The lowest BCUT2D eigenvalue weighted by Crippen LogP contribution is -2.05. The Bertz CT molecular complexity index is 1120. The zero-order valence-corrected chi connectivity index (χ0v) is 13.5. The molecule has 4 rings (SSSR count). The molecule has 0 aromatic heterocycles. The normalized spacial score (nSPS) is 15.2. The van der Waals surface area contributed by atoms with E-state index in [2.05, 4.69) is 4.99 Å². The number of nitro benzene ring substituents is 1. The average molecular weight is 344 g/mol. The van der Waals surface area contributed by atoms with Crippen LogP contribution in [0.5, 0.6) is 0 Å². The Morgan fingerprint density at radius 3 is 2.58 bits per heavy atom. The molecule has 1 heterocycles. The van der Waals surface area contributed by atoms with Crippen LogP contribution < -0.4 is 0 Å². The first-order valence-corrected chi connectivity index (χ1v) is 7.86. The number of carbonyl (C=O) groups is 1. The molecule has 0 saturated carbocycles. The Balaban J connectivity index is 1.70. The first-order valence-electron chi connectivity index (χ1n) is 7.86. The molecular formula is C20H12N2O4. The Labute approximate surface area is 148 Å². The Morgan fingerprint density at radius 1 is 0.962 bits per heavy atom. The van der Waals surface area contributed by atoms with E-state index in [1.165, 1.54) is 18.2 Å². The van der Waals surface area contributed by atoms with Crippen LogP contribution in [-0.4, -0.2) is 16.8 Å². The van der Waals surface area contributed by atoms with Crippen molar-refractivity contribution < 1.29 is 14.5 Å². The van der Waals surface area contributed by atoms with Gasteiger partial charge >= 0.3 is 5.97 Å². The number of cyclic esters (lactones) is 1. The molecule has 0 N–H and O–H groups in total. The van der Waals surface area contributed by atoms with E-state index in [-0.39, 0.29) is 17.3 Å². The van der Waals surface area contributed by atoms with Gasteiger partial charge in [0.05, 0.1) is 4.92 Å². The number of esters is 1. The lowest BCUT2D eigenvalue weighted by atomic mass is 10.1. The predicted molar refractivity (Wildman–Crippen MR) is 97.7 cm³/mol. The number of hydrogen-bond donors (Lipinski definition) is 0. The van der Waals surface area contributed by atoms with Gasteiger partial charge in [0.15, 0.2) is 5.70 Å². The molecule has 0 aliphatic carbocycles. The number of ether oxygens (including phenoxy) is 1. The average Bonchev–Trinajstić information content (AvgIpc) is 3.02. The highest BCUT2D eigenvalue weighted by Gasteiger charge is 2.24. The SMILES string of the molecule is O=C1OC(c2ccc3ccccc3c2)=N/C1=C\c1cccc([N+](=O)[O-])c1. The number of rotatable bonds is 3. The van der Waals surface area contributed by atoms with Crippen LogP contribution in [-0.2, 0) is 9.53 Å².